The van der Waals surface area contributed by atoms with Gasteiger partial charge in [-0.15, -0.1) is 0 Å². The van der Waals surface area contributed by atoms with E-state index in [4.69, 9.17) is 4.42 Å². The number of benzene rings is 2. The van der Waals surface area contributed by atoms with Crippen LogP contribution < -0.4 is 10.2 Å². The Hall–Kier alpha value is -3.01. The van der Waals surface area contributed by atoms with Crippen LogP contribution in [-0.2, 0) is 19.4 Å². The number of rotatable bonds is 6. The van der Waals surface area contributed by atoms with Gasteiger partial charge in [-0.3, -0.25) is 4.79 Å². The second-order valence-electron chi connectivity index (χ2n) is 7.58. The molecule has 0 bridgehead atoms. The highest BCUT2D eigenvalue weighted by molar-refractivity contribution is 5.93. The molecule has 28 heavy (non-hydrogen) atoms. The van der Waals surface area contributed by atoms with E-state index in [-0.39, 0.29) is 5.91 Å². The monoisotopic (exact) mass is 374 g/mol. The minimum absolute atomic E-state index is 0.146. The Balaban J connectivity index is 1.40. The highest BCUT2D eigenvalue weighted by Crippen LogP contribution is 2.33. The summed E-state index contributed by atoms with van der Waals surface area (Å²) in [5, 5.41) is 3.00. The Morgan fingerprint density at radius 2 is 2.04 bits per heavy atom. The summed E-state index contributed by atoms with van der Waals surface area (Å²) in [7, 11) is 0. The van der Waals surface area contributed by atoms with Crippen LogP contribution in [-0.4, -0.2) is 18.5 Å². The molecule has 144 valence electrons. The molecule has 1 aliphatic rings. The third-order valence-corrected chi connectivity index (χ3v) is 5.42. The van der Waals surface area contributed by atoms with E-state index in [2.05, 4.69) is 66.5 Å². The predicted octanol–water partition coefficient (Wildman–Crippen LogP) is 4.51. The molecule has 2 heterocycles. The van der Waals surface area contributed by atoms with Crippen molar-refractivity contribution in [2.75, 3.05) is 11.4 Å². The van der Waals surface area contributed by atoms with E-state index in [1.165, 1.54) is 22.4 Å². The van der Waals surface area contributed by atoms with Crippen LogP contribution in [0.4, 0.5) is 5.69 Å². The van der Waals surface area contributed by atoms with Gasteiger partial charge >= 0.3 is 0 Å². The van der Waals surface area contributed by atoms with Gasteiger partial charge in [0, 0.05) is 30.4 Å². The third-order valence-electron chi connectivity index (χ3n) is 5.42. The SMILES string of the molecule is Cc1cccc(CCNC(=O)c2occc2CN2c3ccccc3CC2C)c1. The number of fused-ring (bicyclic) bond motifs is 1. The second-order valence-corrected chi connectivity index (χ2v) is 7.58. The second kappa shape index (κ2) is 7.93. The molecule has 4 nitrogen and oxygen atoms in total. The summed E-state index contributed by atoms with van der Waals surface area (Å²) in [6.07, 6.45) is 3.45. The molecule has 4 rings (SSSR count). The Labute approximate surface area is 166 Å². The maximum Gasteiger partial charge on any atom is 0.287 e. The number of aryl methyl sites for hydroxylation is 1. The first kappa shape index (κ1) is 18.4. The maximum atomic E-state index is 12.7. The number of hydrogen-bond donors (Lipinski definition) is 1. The summed E-state index contributed by atoms with van der Waals surface area (Å²) >= 11 is 0. The molecule has 3 aromatic rings. The summed E-state index contributed by atoms with van der Waals surface area (Å²) in [5.41, 5.74) is 6.00. The van der Waals surface area contributed by atoms with Crippen LogP contribution in [0.15, 0.2) is 65.3 Å². The van der Waals surface area contributed by atoms with Gasteiger partial charge in [0.05, 0.1) is 6.26 Å². The molecule has 0 saturated heterocycles. The van der Waals surface area contributed by atoms with Crippen molar-refractivity contribution in [3.63, 3.8) is 0 Å². The lowest BCUT2D eigenvalue weighted by atomic mass is 10.1. The first-order chi connectivity index (χ1) is 13.6. The molecule has 1 N–H and O–H groups in total. The van der Waals surface area contributed by atoms with Crippen LogP contribution in [0, 0.1) is 6.92 Å². The summed E-state index contributed by atoms with van der Waals surface area (Å²) in [6.45, 7) is 5.57. The summed E-state index contributed by atoms with van der Waals surface area (Å²) < 4.78 is 5.54. The van der Waals surface area contributed by atoms with Gasteiger partial charge in [-0.05, 0) is 49.9 Å². The lowest BCUT2D eigenvalue weighted by Gasteiger charge is -2.24. The van der Waals surface area contributed by atoms with E-state index < -0.39 is 0 Å². The molecular formula is C24H26N2O2. The van der Waals surface area contributed by atoms with Gasteiger partial charge in [0.25, 0.3) is 5.91 Å². The topological polar surface area (TPSA) is 45.5 Å². The first-order valence-electron chi connectivity index (χ1n) is 9.86. The molecule has 4 heteroatoms. The Morgan fingerprint density at radius 3 is 2.89 bits per heavy atom. The number of furan rings is 1. The van der Waals surface area contributed by atoms with Gasteiger partial charge in [-0.25, -0.2) is 0 Å². The molecule has 0 saturated carbocycles. The Morgan fingerprint density at radius 1 is 1.18 bits per heavy atom. The molecule has 0 aliphatic carbocycles. The first-order valence-corrected chi connectivity index (χ1v) is 9.86. The predicted molar refractivity (Wildman–Crippen MR) is 112 cm³/mol. The number of para-hydroxylation sites is 1. The lowest BCUT2D eigenvalue weighted by Crippen LogP contribution is -2.31. The van der Waals surface area contributed by atoms with E-state index in [0.717, 1.165) is 18.4 Å². The van der Waals surface area contributed by atoms with Crippen LogP contribution >= 0.6 is 0 Å². The minimum atomic E-state index is -0.146. The standard InChI is InChI=1S/C24H26N2O2/c1-17-6-5-7-19(14-17)10-12-25-24(27)23-21(11-13-28-23)16-26-18(2)15-20-8-3-4-9-22(20)26/h3-9,11,13-14,18H,10,12,15-16H2,1-2H3,(H,25,27). The molecule has 0 spiro atoms. The number of amides is 1. The van der Waals surface area contributed by atoms with Gasteiger partial charge in [0.2, 0.25) is 0 Å². The Bertz CT molecular complexity index is 976. The van der Waals surface area contributed by atoms with Gasteiger partial charge in [0.15, 0.2) is 5.76 Å². The molecule has 1 aromatic heterocycles. The number of nitrogens with zero attached hydrogens (tertiary/aromatic N) is 1. The number of nitrogens with one attached hydrogen (secondary N) is 1. The van der Waals surface area contributed by atoms with Crippen LogP contribution in [0.3, 0.4) is 0 Å². The molecule has 1 unspecified atom stereocenters. The number of hydrogen-bond acceptors (Lipinski definition) is 3. The largest absolute Gasteiger partial charge is 0.459 e. The highest BCUT2D eigenvalue weighted by atomic mass is 16.3. The molecule has 0 radical (unpaired) electrons. The van der Waals surface area contributed by atoms with E-state index in [1.807, 2.05) is 12.1 Å². The van der Waals surface area contributed by atoms with E-state index in [9.17, 15) is 4.79 Å². The van der Waals surface area contributed by atoms with Crippen molar-refractivity contribution in [3.8, 4) is 0 Å². The smallest absolute Gasteiger partial charge is 0.287 e. The zero-order chi connectivity index (χ0) is 19.5. The lowest BCUT2D eigenvalue weighted by molar-refractivity contribution is 0.0925. The molecular weight excluding hydrogens is 348 g/mol. The summed E-state index contributed by atoms with van der Waals surface area (Å²) in [4.78, 5) is 15.0. The van der Waals surface area contributed by atoms with Crippen molar-refractivity contribution in [1.82, 2.24) is 5.32 Å². The Kier molecular flexibility index (Phi) is 5.20. The zero-order valence-electron chi connectivity index (χ0n) is 16.4. The van der Waals surface area contributed by atoms with E-state index in [1.54, 1.807) is 6.26 Å². The highest BCUT2D eigenvalue weighted by Gasteiger charge is 2.27. The fourth-order valence-corrected chi connectivity index (χ4v) is 3.98. The van der Waals surface area contributed by atoms with Crippen LogP contribution in [0.25, 0.3) is 0 Å². The van der Waals surface area contributed by atoms with Gasteiger partial charge in [0.1, 0.15) is 0 Å². The minimum Gasteiger partial charge on any atom is -0.459 e. The zero-order valence-corrected chi connectivity index (χ0v) is 16.4. The van der Waals surface area contributed by atoms with Gasteiger partial charge < -0.3 is 14.6 Å². The number of carbonyl (C=O) groups is 1. The fraction of sp³-hybridized carbons (Fsp3) is 0.292. The van der Waals surface area contributed by atoms with Crippen molar-refractivity contribution >= 4 is 11.6 Å². The normalized spacial score (nSPS) is 15.5. The number of carbonyl (C=O) groups excluding carboxylic acids is 1. The van der Waals surface area contributed by atoms with Crippen molar-refractivity contribution in [1.29, 1.82) is 0 Å². The van der Waals surface area contributed by atoms with Gasteiger partial charge in [-0.2, -0.15) is 0 Å². The molecule has 1 aliphatic heterocycles. The van der Waals surface area contributed by atoms with E-state index >= 15 is 0 Å². The van der Waals surface area contributed by atoms with Crippen molar-refractivity contribution in [3.05, 3.63) is 88.9 Å². The average Bonchev–Trinajstić information content (AvgIpc) is 3.27. The third kappa shape index (κ3) is 3.81. The van der Waals surface area contributed by atoms with Crippen LogP contribution in [0.2, 0.25) is 0 Å². The van der Waals surface area contributed by atoms with Crippen molar-refractivity contribution in [2.45, 2.75) is 39.3 Å². The molecule has 2 aromatic carbocycles. The van der Waals surface area contributed by atoms with E-state index in [0.29, 0.717) is 24.9 Å². The van der Waals surface area contributed by atoms with Crippen molar-refractivity contribution < 1.29 is 9.21 Å². The van der Waals surface area contributed by atoms with Gasteiger partial charge in [-0.1, -0.05) is 48.0 Å². The van der Waals surface area contributed by atoms with Crippen LogP contribution in [0.1, 0.15) is 39.7 Å². The molecule has 1 amide bonds. The van der Waals surface area contributed by atoms with Crippen molar-refractivity contribution in [2.24, 2.45) is 0 Å². The summed E-state index contributed by atoms with van der Waals surface area (Å²) in [5.74, 6) is 0.272. The number of anilines is 1. The maximum absolute atomic E-state index is 12.7. The average molecular weight is 374 g/mol. The summed E-state index contributed by atoms with van der Waals surface area (Å²) in [6, 6.07) is 19.2. The molecule has 1 atom stereocenters. The fourth-order valence-electron chi connectivity index (χ4n) is 3.98. The quantitative estimate of drug-likeness (QED) is 0.690. The van der Waals surface area contributed by atoms with Crippen LogP contribution in [0.5, 0.6) is 0 Å². The molecule has 0 fully saturated rings.